The monoisotopic (exact) mass is 274 g/mol. The molecule has 18 heavy (non-hydrogen) atoms. The van der Waals surface area contributed by atoms with Gasteiger partial charge in [0.25, 0.3) is 10.0 Å². The van der Waals surface area contributed by atoms with E-state index in [-0.39, 0.29) is 16.6 Å². The number of hydrogen-bond donors (Lipinski definition) is 1. The van der Waals surface area contributed by atoms with Crippen molar-refractivity contribution in [1.82, 2.24) is 9.04 Å². The standard InChI is InChI=1S/C10H14N2O5S/c1-11(17-2)18(15,16)8-5-9(10(13)14)12(6-8)7-3-4-7/h5-7H,3-4H2,1-2H3,(H,13,14). The van der Waals surface area contributed by atoms with E-state index in [9.17, 15) is 13.2 Å². The van der Waals surface area contributed by atoms with Gasteiger partial charge in [-0.25, -0.2) is 13.2 Å². The van der Waals surface area contributed by atoms with Gasteiger partial charge in [-0.1, -0.05) is 4.47 Å². The van der Waals surface area contributed by atoms with Gasteiger partial charge in [0.05, 0.1) is 7.11 Å². The molecule has 0 bridgehead atoms. The number of nitrogens with zero attached hydrogens (tertiary/aromatic N) is 2. The molecule has 0 aromatic carbocycles. The Balaban J connectivity index is 2.47. The average molecular weight is 274 g/mol. The molecule has 0 saturated heterocycles. The number of hydroxylamine groups is 1. The fraction of sp³-hybridized carbons (Fsp3) is 0.500. The normalized spacial score (nSPS) is 16.2. The average Bonchev–Trinajstić information content (AvgIpc) is 3.05. The molecule has 1 aliphatic rings. The van der Waals surface area contributed by atoms with Gasteiger partial charge in [0.15, 0.2) is 0 Å². The highest BCUT2D eigenvalue weighted by Gasteiger charge is 2.31. The van der Waals surface area contributed by atoms with Gasteiger partial charge in [0.2, 0.25) is 0 Å². The minimum Gasteiger partial charge on any atom is -0.477 e. The first-order valence-electron chi connectivity index (χ1n) is 5.36. The summed E-state index contributed by atoms with van der Waals surface area (Å²) >= 11 is 0. The second kappa shape index (κ2) is 4.38. The number of rotatable bonds is 5. The molecule has 1 N–H and O–H groups in total. The lowest BCUT2D eigenvalue weighted by atomic mass is 10.4. The Labute approximate surface area is 105 Å². The predicted octanol–water partition coefficient (Wildman–Crippen LogP) is 0.703. The van der Waals surface area contributed by atoms with E-state index in [1.54, 1.807) is 0 Å². The molecule has 1 aromatic rings. The summed E-state index contributed by atoms with van der Waals surface area (Å²) in [7, 11) is -1.32. The second-order valence-corrected chi connectivity index (χ2v) is 6.04. The molecule has 0 unspecified atom stereocenters. The maximum absolute atomic E-state index is 12.0. The van der Waals surface area contributed by atoms with Gasteiger partial charge in [-0.3, -0.25) is 4.84 Å². The zero-order valence-corrected chi connectivity index (χ0v) is 10.8. The highest BCUT2D eigenvalue weighted by atomic mass is 32.2. The molecule has 1 aliphatic carbocycles. The van der Waals surface area contributed by atoms with E-state index in [1.165, 1.54) is 24.9 Å². The fourth-order valence-electron chi connectivity index (χ4n) is 1.67. The number of carboxylic acids is 1. The zero-order valence-electron chi connectivity index (χ0n) is 10.0. The van der Waals surface area contributed by atoms with Crippen molar-refractivity contribution in [1.29, 1.82) is 0 Å². The summed E-state index contributed by atoms with van der Waals surface area (Å²) in [5.74, 6) is -1.14. The van der Waals surface area contributed by atoms with Crippen LogP contribution in [0.25, 0.3) is 0 Å². The molecule has 1 saturated carbocycles. The number of carbonyl (C=O) groups is 1. The predicted molar refractivity (Wildman–Crippen MR) is 61.6 cm³/mol. The molecule has 1 fully saturated rings. The van der Waals surface area contributed by atoms with Gasteiger partial charge >= 0.3 is 5.97 Å². The Morgan fingerprint density at radius 2 is 2.17 bits per heavy atom. The molecular formula is C10H14N2O5S. The molecule has 1 aromatic heterocycles. The second-order valence-electron chi connectivity index (χ2n) is 4.10. The molecule has 0 amide bonds. The summed E-state index contributed by atoms with van der Waals surface area (Å²) in [5, 5.41) is 9.06. The number of aromatic carboxylic acids is 1. The van der Waals surface area contributed by atoms with E-state index in [0.29, 0.717) is 4.47 Å². The van der Waals surface area contributed by atoms with Crippen LogP contribution in [0.1, 0.15) is 29.4 Å². The third-order valence-electron chi connectivity index (χ3n) is 2.88. The molecule has 0 radical (unpaired) electrons. The number of aromatic nitrogens is 1. The van der Waals surface area contributed by atoms with E-state index in [2.05, 4.69) is 4.84 Å². The van der Waals surface area contributed by atoms with Crippen molar-refractivity contribution < 1.29 is 23.2 Å². The zero-order chi connectivity index (χ0) is 13.5. The summed E-state index contributed by atoms with van der Waals surface area (Å²) in [6.07, 6.45) is 3.09. The van der Waals surface area contributed by atoms with Crippen molar-refractivity contribution >= 4 is 16.0 Å². The van der Waals surface area contributed by atoms with Crippen LogP contribution in [0.4, 0.5) is 0 Å². The Morgan fingerprint density at radius 1 is 1.56 bits per heavy atom. The number of hydrogen-bond acceptors (Lipinski definition) is 4. The van der Waals surface area contributed by atoms with E-state index >= 15 is 0 Å². The Hall–Kier alpha value is -1.38. The van der Waals surface area contributed by atoms with Crippen LogP contribution in [-0.2, 0) is 14.9 Å². The maximum Gasteiger partial charge on any atom is 0.352 e. The van der Waals surface area contributed by atoms with Crippen molar-refractivity contribution in [3.8, 4) is 0 Å². The first-order valence-corrected chi connectivity index (χ1v) is 6.80. The number of sulfonamides is 1. The number of carboxylic acid groups (broad SMARTS) is 1. The first-order chi connectivity index (χ1) is 8.37. The molecule has 0 aliphatic heterocycles. The lowest BCUT2D eigenvalue weighted by Gasteiger charge is -2.12. The van der Waals surface area contributed by atoms with Gasteiger partial charge < -0.3 is 9.67 Å². The summed E-state index contributed by atoms with van der Waals surface area (Å²) < 4.78 is 26.2. The van der Waals surface area contributed by atoms with Gasteiger partial charge in [-0.15, -0.1) is 0 Å². The van der Waals surface area contributed by atoms with Gasteiger partial charge in [0, 0.05) is 19.3 Å². The van der Waals surface area contributed by atoms with Crippen LogP contribution in [-0.4, -0.2) is 42.7 Å². The van der Waals surface area contributed by atoms with Crippen molar-refractivity contribution in [3.63, 3.8) is 0 Å². The highest BCUT2D eigenvalue weighted by Crippen LogP contribution is 2.37. The molecule has 0 spiro atoms. The quantitative estimate of drug-likeness (QED) is 0.798. The summed E-state index contributed by atoms with van der Waals surface area (Å²) in [5.41, 5.74) is -0.0134. The van der Waals surface area contributed by atoms with E-state index < -0.39 is 16.0 Å². The lowest BCUT2D eigenvalue weighted by Crippen LogP contribution is -2.25. The molecule has 8 heteroatoms. The van der Waals surface area contributed by atoms with Crippen LogP contribution in [0.15, 0.2) is 17.2 Å². The van der Waals surface area contributed by atoms with Crippen LogP contribution in [0.2, 0.25) is 0 Å². The summed E-state index contributed by atoms with van der Waals surface area (Å²) in [6.45, 7) is 0. The molecule has 0 atom stereocenters. The van der Waals surface area contributed by atoms with E-state index in [0.717, 1.165) is 18.9 Å². The Bertz CT molecular complexity index is 573. The molecule has 7 nitrogen and oxygen atoms in total. The van der Waals surface area contributed by atoms with Crippen molar-refractivity contribution in [2.45, 2.75) is 23.8 Å². The topological polar surface area (TPSA) is 88.8 Å². The van der Waals surface area contributed by atoms with Crippen LogP contribution >= 0.6 is 0 Å². The van der Waals surface area contributed by atoms with Crippen LogP contribution in [0.5, 0.6) is 0 Å². The van der Waals surface area contributed by atoms with Gasteiger partial charge in [0.1, 0.15) is 10.6 Å². The van der Waals surface area contributed by atoms with Crippen LogP contribution in [0, 0.1) is 0 Å². The Kier molecular flexibility index (Phi) is 3.18. The van der Waals surface area contributed by atoms with Crippen molar-refractivity contribution in [2.75, 3.05) is 14.2 Å². The van der Waals surface area contributed by atoms with Crippen LogP contribution < -0.4 is 0 Å². The lowest BCUT2D eigenvalue weighted by molar-refractivity contribution is -0.0258. The highest BCUT2D eigenvalue weighted by molar-refractivity contribution is 7.89. The summed E-state index contributed by atoms with van der Waals surface area (Å²) in [6, 6.07) is 1.25. The fourth-order valence-corrected chi connectivity index (χ4v) is 2.67. The smallest absolute Gasteiger partial charge is 0.352 e. The molecular weight excluding hydrogens is 260 g/mol. The van der Waals surface area contributed by atoms with Crippen LogP contribution in [0.3, 0.4) is 0 Å². The first kappa shape index (κ1) is 13.1. The summed E-state index contributed by atoms with van der Waals surface area (Å²) in [4.78, 5) is 15.6. The Morgan fingerprint density at radius 3 is 2.61 bits per heavy atom. The molecule has 2 rings (SSSR count). The van der Waals surface area contributed by atoms with Crippen molar-refractivity contribution in [2.24, 2.45) is 0 Å². The minimum absolute atomic E-state index is 0.0134. The van der Waals surface area contributed by atoms with Crippen molar-refractivity contribution in [3.05, 3.63) is 18.0 Å². The minimum atomic E-state index is -3.80. The molecule has 1 heterocycles. The van der Waals surface area contributed by atoms with Gasteiger partial charge in [-0.05, 0) is 18.9 Å². The largest absolute Gasteiger partial charge is 0.477 e. The maximum atomic E-state index is 12.0. The molecule has 100 valence electrons. The third kappa shape index (κ3) is 2.14. The van der Waals surface area contributed by atoms with E-state index in [1.807, 2.05) is 0 Å². The SMILES string of the molecule is CON(C)S(=O)(=O)c1cc(C(=O)O)n(C2CC2)c1. The van der Waals surface area contributed by atoms with E-state index in [4.69, 9.17) is 5.11 Å². The van der Waals surface area contributed by atoms with Gasteiger partial charge in [-0.2, -0.15) is 0 Å². The third-order valence-corrected chi connectivity index (χ3v) is 4.52.